The summed E-state index contributed by atoms with van der Waals surface area (Å²) in [7, 11) is 1.59. The van der Waals surface area contributed by atoms with E-state index >= 15 is 0 Å². The molecule has 2 aromatic carbocycles. The molecule has 6 nitrogen and oxygen atoms in total. The molecular formula is C24H22N2O4S. The number of benzene rings is 2. The summed E-state index contributed by atoms with van der Waals surface area (Å²) in [5.74, 6) is 0.223. The van der Waals surface area contributed by atoms with E-state index in [1.165, 1.54) is 11.3 Å². The molecule has 1 aromatic heterocycles. The van der Waals surface area contributed by atoms with Gasteiger partial charge in [-0.1, -0.05) is 53.8 Å². The molecule has 0 amide bonds. The number of aromatic nitrogens is 1. The minimum atomic E-state index is -0.626. The minimum absolute atomic E-state index is 0.192. The Morgan fingerprint density at radius 1 is 1.16 bits per heavy atom. The van der Waals surface area contributed by atoms with Crippen LogP contribution < -0.4 is 19.6 Å². The number of carbonyl (C=O) groups is 1. The molecule has 1 unspecified atom stereocenters. The molecule has 0 fully saturated rings. The quantitative estimate of drug-likeness (QED) is 0.579. The van der Waals surface area contributed by atoms with E-state index in [1.54, 1.807) is 25.5 Å². The van der Waals surface area contributed by atoms with E-state index in [2.05, 4.69) is 4.99 Å². The normalized spacial score (nSPS) is 16.0. The zero-order chi connectivity index (χ0) is 22.0. The van der Waals surface area contributed by atoms with Crippen LogP contribution in [0.1, 0.15) is 31.0 Å². The fraction of sp³-hybridized carbons (Fsp3) is 0.208. The summed E-state index contributed by atoms with van der Waals surface area (Å²) in [6, 6.07) is 16.4. The molecule has 31 heavy (non-hydrogen) atoms. The van der Waals surface area contributed by atoms with Gasteiger partial charge in [0, 0.05) is 0 Å². The third-order valence-corrected chi connectivity index (χ3v) is 6.03. The number of esters is 1. The van der Waals surface area contributed by atoms with E-state index in [-0.39, 0.29) is 12.2 Å². The maximum absolute atomic E-state index is 13.4. The van der Waals surface area contributed by atoms with Gasteiger partial charge in [0.2, 0.25) is 0 Å². The first-order valence-corrected chi connectivity index (χ1v) is 10.7. The summed E-state index contributed by atoms with van der Waals surface area (Å²) in [6.45, 7) is 3.77. The van der Waals surface area contributed by atoms with Crippen LogP contribution in [0.2, 0.25) is 0 Å². The van der Waals surface area contributed by atoms with Crippen LogP contribution in [0.4, 0.5) is 0 Å². The molecule has 3 aromatic rings. The van der Waals surface area contributed by atoms with Crippen molar-refractivity contribution in [3.05, 3.63) is 96.7 Å². The van der Waals surface area contributed by atoms with E-state index in [1.807, 2.05) is 60.7 Å². The van der Waals surface area contributed by atoms with Crippen LogP contribution in [-0.4, -0.2) is 24.3 Å². The molecular weight excluding hydrogens is 412 g/mol. The van der Waals surface area contributed by atoms with Crippen molar-refractivity contribution in [3.63, 3.8) is 0 Å². The van der Waals surface area contributed by atoms with Gasteiger partial charge in [-0.3, -0.25) is 9.36 Å². The first kappa shape index (κ1) is 20.8. The zero-order valence-electron chi connectivity index (χ0n) is 17.5. The lowest BCUT2D eigenvalue weighted by Gasteiger charge is -2.24. The largest absolute Gasteiger partial charge is 0.497 e. The minimum Gasteiger partial charge on any atom is -0.497 e. The lowest BCUT2D eigenvalue weighted by Crippen LogP contribution is -2.39. The van der Waals surface area contributed by atoms with Gasteiger partial charge in [-0.05, 0) is 43.2 Å². The molecule has 0 radical (unpaired) electrons. The van der Waals surface area contributed by atoms with Gasteiger partial charge in [-0.2, -0.15) is 0 Å². The molecule has 1 aliphatic heterocycles. The Hall–Kier alpha value is -3.45. The van der Waals surface area contributed by atoms with Crippen LogP contribution in [0.5, 0.6) is 5.75 Å². The van der Waals surface area contributed by atoms with Gasteiger partial charge < -0.3 is 9.47 Å². The molecule has 0 spiro atoms. The summed E-state index contributed by atoms with van der Waals surface area (Å²) in [5.41, 5.74) is 2.43. The SMILES string of the molecule is CCOC(=O)C1=C(C)N=c2sc(=Cc3ccccc3)c(=O)n2C1c1ccc(OC)cc1. The molecule has 0 saturated carbocycles. The van der Waals surface area contributed by atoms with E-state index < -0.39 is 12.0 Å². The fourth-order valence-corrected chi connectivity index (χ4v) is 4.64. The second-order valence-corrected chi connectivity index (χ2v) is 8.00. The Balaban J connectivity index is 1.95. The van der Waals surface area contributed by atoms with Gasteiger partial charge in [0.05, 0.1) is 35.6 Å². The lowest BCUT2D eigenvalue weighted by atomic mass is 9.96. The maximum Gasteiger partial charge on any atom is 0.338 e. The Morgan fingerprint density at radius 3 is 2.52 bits per heavy atom. The van der Waals surface area contributed by atoms with Crippen LogP contribution >= 0.6 is 11.3 Å². The average molecular weight is 435 g/mol. The first-order chi connectivity index (χ1) is 15.0. The van der Waals surface area contributed by atoms with Crippen molar-refractivity contribution < 1.29 is 14.3 Å². The van der Waals surface area contributed by atoms with Gasteiger partial charge in [0.15, 0.2) is 4.80 Å². The van der Waals surface area contributed by atoms with E-state index in [0.29, 0.717) is 26.4 Å². The zero-order valence-corrected chi connectivity index (χ0v) is 18.3. The highest BCUT2D eigenvalue weighted by Crippen LogP contribution is 2.31. The molecule has 0 N–H and O–H groups in total. The van der Waals surface area contributed by atoms with Crippen molar-refractivity contribution in [2.45, 2.75) is 19.9 Å². The van der Waals surface area contributed by atoms with Gasteiger partial charge in [-0.25, -0.2) is 9.79 Å². The van der Waals surface area contributed by atoms with Crippen molar-refractivity contribution in [1.29, 1.82) is 0 Å². The van der Waals surface area contributed by atoms with Crippen LogP contribution in [0, 0.1) is 0 Å². The molecule has 7 heteroatoms. The van der Waals surface area contributed by atoms with Crippen molar-refractivity contribution in [1.82, 2.24) is 4.57 Å². The molecule has 4 rings (SSSR count). The predicted molar refractivity (Wildman–Crippen MR) is 120 cm³/mol. The molecule has 0 bridgehead atoms. The predicted octanol–water partition coefficient (Wildman–Crippen LogP) is 2.81. The van der Waals surface area contributed by atoms with E-state index in [9.17, 15) is 9.59 Å². The highest BCUT2D eigenvalue weighted by molar-refractivity contribution is 7.07. The standard InChI is InChI=1S/C24H22N2O4S/c1-4-30-23(28)20-15(2)25-24-26(21(20)17-10-12-18(29-3)13-11-17)22(27)19(31-24)14-16-8-6-5-7-9-16/h5-14,21H,4H2,1-3H3. The lowest BCUT2D eigenvalue weighted by molar-refractivity contribution is -0.139. The Kier molecular flexibility index (Phi) is 5.86. The number of fused-ring (bicyclic) bond motifs is 1. The highest BCUT2D eigenvalue weighted by Gasteiger charge is 2.33. The van der Waals surface area contributed by atoms with Crippen LogP contribution in [0.3, 0.4) is 0 Å². The topological polar surface area (TPSA) is 69.9 Å². The Bertz CT molecular complexity index is 1320. The monoisotopic (exact) mass is 434 g/mol. The number of rotatable bonds is 5. The van der Waals surface area contributed by atoms with Crippen molar-refractivity contribution in [3.8, 4) is 5.75 Å². The summed E-state index contributed by atoms with van der Waals surface area (Å²) < 4.78 is 12.7. The third-order valence-electron chi connectivity index (χ3n) is 5.05. The van der Waals surface area contributed by atoms with Crippen LogP contribution in [-0.2, 0) is 9.53 Å². The first-order valence-electron chi connectivity index (χ1n) is 9.92. The number of hydrogen-bond acceptors (Lipinski definition) is 6. The Morgan fingerprint density at radius 2 is 1.87 bits per heavy atom. The molecule has 0 saturated heterocycles. The maximum atomic E-state index is 13.4. The second kappa shape index (κ2) is 8.73. The smallest absolute Gasteiger partial charge is 0.338 e. The van der Waals surface area contributed by atoms with Crippen molar-refractivity contribution in [2.75, 3.05) is 13.7 Å². The fourth-order valence-electron chi connectivity index (χ4n) is 3.59. The van der Waals surface area contributed by atoms with Crippen molar-refractivity contribution >= 4 is 23.4 Å². The van der Waals surface area contributed by atoms with Crippen LogP contribution in [0.15, 0.2) is 75.7 Å². The summed E-state index contributed by atoms with van der Waals surface area (Å²) in [4.78, 5) is 31.4. The summed E-state index contributed by atoms with van der Waals surface area (Å²) in [5, 5.41) is 0. The number of methoxy groups -OCH3 is 1. The molecule has 0 aliphatic carbocycles. The van der Waals surface area contributed by atoms with Gasteiger partial charge in [-0.15, -0.1) is 0 Å². The third kappa shape index (κ3) is 3.96. The van der Waals surface area contributed by atoms with Crippen LogP contribution in [0.25, 0.3) is 6.08 Å². The van der Waals surface area contributed by atoms with Gasteiger partial charge >= 0.3 is 5.97 Å². The number of ether oxygens (including phenoxy) is 2. The molecule has 2 heterocycles. The number of hydrogen-bond donors (Lipinski definition) is 0. The molecule has 158 valence electrons. The van der Waals surface area contributed by atoms with E-state index in [4.69, 9.17) is 9.47 Å². The number of thiazole rings is 1. The Labute approximate surface area is 183 Å². The summed E-state index contributed by atoms with van der Waals surface area (Å²) in [6.07, 6.45) is 1.85. The van der Waals surface area contributed by atoms with Gasteiger partial charge in [0.25, 0.3) is 5.56 Å². The highest BCUT2D eigenvalue weighted by atomic mass is 32.1. The number of carbonyl (C=O) groups excluding carboxylic acids is 1. The average Bonchev–Trinajstić information content (AvgIpc) is 3.08. The second-order valence-electron chi connectivity index (χ2n) is 6.99. The molecule has 1 aliphatic rings. The molecule has 1 atom stereocenters. The van der Waals surface area contributed by atoms with Gasteiger partial charge in [0.1, 0.15) is 5.75 Å². The number of nitrogens with zero attached hydrogens (tertiary/aromatic N) is 2. The number of allylic oxidation sites excluding steroid dienone is 1. The van der Waals surface area contributed by atoms with E-state index in [0.717, 1.165) is 11.1 Å². The summed E-state index contributed by atoms with van der Waals surface area (Å²) >= 11 is 1.31. The van der Waals surface area contributed by atoms with Crippen molar-refractivity contribution in [2.24, 2.45) is 4.99 Å².